The predicted octanol–water partition coefficient (Wildman–Crippen LogP) is 1.05. The van der Waals surface area contributed by atoms with Gasteiger partial charge in [-0.2, -0.15) is 0 Å². The van der Waals surface area contributed by atoms with Gasteiger partial charge >= 0.3 is 0 Å². The van der Waals surface area contributed by atoms with Crippen LogP contribution in [-0.2, 0) is 0 Å². The van der Waals surface area contributed by atoms with E-state index >= 15 is 0 Å². The standard InChI is InChI=1S/C10H13F2NO2/c1-10(14,5-13)6-15-7-2-3-8(11)9(12)4-7/h2-4,14H,5-6,13H2,1H3. The predicted molar refractivity (Wildman–Crippen MR) is 51.5 cm³/mol. The summed E-state index contributed by atoms with van der Waals surface area (Å²) in [4.78, 5) is 0. The first kappa shape index (κ1) is 11.9. The van der Waals surface area contributed by atoms with E-state index in [9.17, 15) is 13.9 Å². The number of hydrogen-bond acceptors (Lipinski definition) is 3. The van der Waals surface area contributed by atoms with Gasteiger partial charge in [-0.15, -0.1) is 0 Å². The molecule has 0 amide bonds. The Labute approximate surface area is 86.5 Å². The Morgan fingerprint density at radius 1 is 1.40 bits per heavy atom. The zero-order valence-corrected chi connectivity index (χ0v) is 8.34. The SMILES string of the molecule is CC(O)(CN)COc1ccc(F)c(F)c1. The van der Waals surface area contributed by atoms with E-state index in [4.69, 9.17) is 10.5 Å². The number of aliphatic hydroxyl groups is 1. The van der Waals surface area contributed by atoms with E-state index in [2.05, 4.69) is 0 Å². The first-order valence-electron chi connectivity index (χ1n) is 4.45. The lowest BCUT2D eigenvalue weighted by Gasteiger charge is -2.21. The highest BCUT2D eigenvalue weighted by atomic mass is 19.2. The van der Waals surface area contributed by atoms with Crippen LogP contribution in [0.15, 0.2) is 18.2 Å². The van der Waals surface area contributed by atoms with Crippen molar-refractivity contribution in [3.05, 3.63) is 29.8 Å². The normalized spacial score (nSPS) is 14.7. The van der Waals surface area contributed by atoms with Gasteiger partial charge in [0, 0.05) is 12.6 Å². The van der Waals surface area contributed by atoms with Crippen molar-refractivity contribution in [3.63, 3.8) is 0 Å². The topological polar surface area (TPSA) is 55.5 Å². The molecule has 1 rings (SSSR count). The maximum Gasteiger partial charge on any atom is 0.162 e. The Morgan fingerprint density at radius 3 is 2.60 bits per heavy atom. The molecule has 0 saturated carbocycles. The van der Waals surface area contributed by atoms with Crippen LogP contribution in [0.25, 0.3) is 0 Å². The van der Waals surface area contributed by atoms with Gasteiger partial charge in [-0.25, -0.2) is 8.78 Å². The Balaban J connectivity index is 2.62. The van der Waals surface area contributed by atoms with Crippen molar-refractivity contribution < 1.29 is 18.6 Å². The van der Waals surface area contributed by atoms with Crippen LogP contribution < -0.4 is 10.5 Å². The van der Waals surface area contributed by atoms with Gasteiger partial charge in [0.2, 0.25) is 0 Å². The van der Waals surface area contributed by atoms with Gasteiger partial charge in [-0.3, -0.25) is 0 Å². The van der Waals surface area contributed by atoms with Crippen LogP contribution in [0.5, 0.6) is 5.75 Å². The average molecular weight is 217 g/mol. The van der Waals surface area contributed by atoms with Crippen molar-refractivity contribution in [2.75, 3.05) is 13.2 Å². The molecule has 0 heterocycles. The molecular weight excluding hydrogens is 204 g/mol. The van der Waals surface area contributed by atoms with Gasteiger partial charge in [-0.05, 0) is 19.1 Å². The molecule has 0 aliphatic carbocycles. The lowest BCUT2D eigenvalue weighted by atomic mass is 10.1. The highest BCUT2D eigenvalue weighted by Gasteiger charge is 2.19. The molecule has 84 valence electrons. The first-order valence-corrected chi connectivity index (χ1v) is 4.45. The minimum absolute atomic E-state index is 0.0245. The molecule has 1 aromatic rings. The summed E-state index contributed by atoms with van der Waals surface area (Å²) in [6.45, 7) is 1.44. The molecule has 0 radical (unpaired) electrons. The number of ether oxygens (including phenoxy) is 1. The second kappa shape index (κ2) is 4.55. The largest absolute Gasteiger partial charge is 0.490 e. The van der Waals surface area contributed by atoms with Crippen LogP contribution in [0.4, 0.5) is 8.78 Å². The van der Waals surface area contributed by atoms with E-state index < -0.39 is 17.2 Å². The fourth-order valence-corrected chi connectivity index (χ4v) is 0.864. The third-order valence-corrected chi connectivity index (χ3v) is 1.88. The molecule has 3 nitrogen and oxygen atoms in total. The molecule has 0 saturated heterocycles. The maximum atomic E-state index is 12.7. The molecule has 0 aliphatic rings. The fraction of sp³-hybridized carbons (Fsp3) is 0.400. The lowest BCUT2D eigenvalue weighted by Crippen LogP contribution is -2.40. The van der Waals surface area contributed by atoms with Crippen LogP contribution in [0.1, 0.15) is 6.92 Å². The van der Waals surface area contributed by atoms with Gasteiger partial charge in [-0.1, -0.05) is 0 Å². The smallest absolute Gasteiger partial charge is 0.162 e. The molecule has 3 N–H and O–H groups in total. The van der Waals surface area contributed by atoms with Crippen LogP contribution in [-0.4, -0.2) is 23.9 Å². The second-order valence-electron chi connectivity index (χ2n) is 3.57. The Hall–Kier alpha value is -1.20. The molecule has 15 heavy (non-hydrogen) atoms. The van der Waals surface area contributed by atoms with Crippen molar-refractivity contribution >= 4 is 0 Å². The molecule has 0 spiro atoms. The zero-order valence-electron chi connectivity index (χ0n) is 8.34. The van der Waals surface area contributed by atoms with Gasteiger partial charge in [0.25, 0.3) is 0 Å². The van der Waals surface area contributed by atoms with E-state index in [1.807, 2.05) is 0 Å². The van der Waals surface area contributed by atoms with Crippen molar-refractivity contribution in [1.29, 1.82) is 0 Å². The van der Waals surface area contributed by atoms with E-state index in [1.165, 1.54) is 13.0 Å². The van der Waals surface area contributed by atoms with Crippen LogP contribution >= 0.6 is 0 Å². The Kier molecular flexibility index (Phi) is 3.60. The van der Waals surface area contributed by atoms with Gasteiger partial charge < -0.3 is 15.6 Å². The number of benzene rings is 1. The first-order chi connectivity index (χ1) is 6.94. The van der Waals surface area contributed by atoms with Gasteiger partial charge in [0.15, 0.2) is 11.6 Å². The Morgan fingerprint density at radius 2 is 2.07 bits per heavy atom. The number of rotatable bonds is 4. The summed E-state index contributed by atoms with van der Waals surface area (Å²) in [5.41, 5.74) is 4.08. The number of nitrogens with two attached hydrogens (primary N) is 1. The number of hydrogen-bond donors (Lipinski definition) is 2. The quantitative estimate of drug-likeness (QED) is 0.792. The summed E-state index contributed by atoms with van der Waals surface area (Å²) in [6.07, 6.45) is 0. The van der Waals surface area contributed by atoms with Gasteiger partial charge in [0.05, 0.1) is 0 Å². The molecule has 0 bridgehead atoms. The average Bonchev–Trinajstić information content (AvgIpc) is 2.20. The summed E-state index contributed by atoms with van der Waals surface area (Å²) in [5.74, 6) is -1.77. The second-order valence-corrected chi connectivity index (χ2v) is 3.57. The van der Waals surface area contributed by atoms with Crippen molar-refractivity contribution in [2.45, 2.75) is 12.5 Å². The van der Waals surface area contributed by atoms with Crippen LogP contribution in [0, 0.1) is 11.6 Å². The van der Waals surface area contributed by atoms with Crippen LogP contribution in [0.3, 0.4) is 0 Å². The third-order valence-electron chi connectivity index (χ3n) is 1.88. The van der Waals surface area contributed by atoms with E-state index in [-0.39, 0.29) is 18.9 Å². The van der Waals surface area contributed by atoms with Crippen molar-refractivity contribution in [1.82, 2.24) is 0 Å². The third kappa shape index (κ3) is 3.45. The maximum absolute atomic E-state index is 12.7. The van der Waals surface area contributed by atoms with Crippen LogP contribution in [0.2, 0.25) is 0 Å². The number of halogens is 2. The molecular formula is C10H13F2NO2. The summed E-state index contributed by atoms with van der Waals surface area (Å²) in [5, 5.41) is 9.49. The minimum Gasteiger partial charge on any atom is -0.490 e. The zero-order chi connectivity index (χ0) is 11.5. The summed E-state index contributed by atoms with van der Waals surface area (Å²) in [7, 11) is 0. The van der Waals surface area contributed by atoms with Gasteiger partial charge in [0.1, 0.15) is 18.0 Å². The summed E-state index contributed by atoms with van der Waals surface area (Å²) >= 11 is 0. The highest BCUT2D eigenvalue weighted by Crippen LogP contribution is 2.16. The fourth-order valence-electron chi connectivity index (χ4n) is 0.864. The molecule has 0 aliphatic heterocycles. The Bertz CT molecular complexity index is 342. The lowest BCUT2D eigenvalue weighted by molar-refractivity contribution is 0.0194. The monoisotopic (exact) mass is 217 g/mol. The minimum atomic E-state index is -1.18. The molecule has 1 unspecified atom stereocenters. The highest BCUT2D eigenvalue weighted by molar-refractivity contribution is 5.23. The van der Waals surface area contributed by atoms with Crippen molar-refractivity contribution in [3.8, 4) is 5.75 Å². The molecule has 1 atom stereocenters. The molecule has 0 aromatic heterocycles. The van der Waals surface area contributed by atoms with E-state index in [0.717, 1.165) is 12.1 Å². The molecule has 5 heteroatoms. The summed E-state index contributed by atoms with van der Waals surface area (Å²) in [6, 6.07) is 3.16. The molecule has 0 fully saturated rings. The summed E-state index contributed by atoms with van der Waals surface area (Å²) < 4.78 is 30.3. The van der Waals surface area contributed by atoms with E-state index in [0.29, 0.717) is 0 Å². The molecule has 1 aromatic carbocycles. The van der Waals surface area contributed by atoms with Crippen molar-refractivity contribution in [2.24, 2.45) is 5.73 Å². The van der Waals surface area contributed by atoms with E-state index in [1.54, 1.807) is 0 Å².